The molecule has 0 spiro atoms. The van der Waals surface area contributed by atoms with E-state index >= 15 is 0 Å². The van der Waals surface area contributed by atoms with E-state index in [1.165, 1.54) is 44.9 Å². The Balaban J connectivity index is 3.40. The third-order valence-corrected chi connectivity index (χ3v) is 2.72. The van der Waals surface area contributed by atoms with Crippen LogP contribution in [-0.4, -0.2) is 0 Å². The fourth-order valence-electron chi connectivity index (χ4n) is 1.88. The molecule has 0 fully saturated rings. The van der Waals surface area contributed by atoms with Crippen LogP contribution in [0.5, 0.6) is 0 Å². The van der Waals surface area contributed by atoms with Gasteiger partial charge in [-0.2, -0.15) is 0 Å². The van der Waals surface area contributed by atoms with Gasteiger partial charge < -0.3 is 0 Å². The van der Waals surface area contributed by atoms with Crippen LogP contribution >= 0.6 is 0 Å². The van der Waals surface area contributed by atoms with Gasteiger partial charge in [0, 0.05) is 0 Å². The van der Waals surface area contributed by atoms with Gasteiger partial charge in [0.2, 0.25) is 0 Å². The van der Waals surface area contributed by atoms with E-state index in [9.17, 15) is 0 Å². The Hall–Kier alpha value is -0.260. The average molecular weight is 195 g/mol. The highest BCUT2D eigenvalue weighted by Crippen LogP contribution is 2.17. The monoisotopic (exact) mass is 195 g/mol. The van der Waals surface area contributed by atoms with Crippen LogP contribution in [0.25, 0.3) is 0 Å². The molecule has 0 heterocycles. The fourth-order valence-corrected chi connectivity index (χ4v) is 1.88. The van der Waals surface area contributed by atoms with Crippen LogP contribution in [0.4, 0.5) is 0 Å². The second-order valence-corrected chi connectivity index (χ2v) is 4.13. The summed E-state index contributed by atoms with van der Waals surface area (Å²) in [6.07, 6.45) is 15.2. The van der Waals surface area contributed by atoms with E-state index in [4.69, 9.17) is 0 Å². The van der Waals surface area contributed by atoms with Crippen LogP contribution < -0.4 is 0 Å². The fraction of sp³-hybridized carbons (Fsp3) is 0.786. The Labute approximate surface area is 90.8 Å². The summed E-state index contributed by atoms with van der Waals surface area (Å²) in [5, 5.41) is 0. The first-order chi connectivity index (χ1) is 6.85. The van der Waals surface area contributed by atoms with Crippen LogP contribution in [0.1, 0.15) is 65.2 Å². The van der Waals surface area contributed by atoms with Crippen LogP contribution in [0.3, 0.4) is 0 Å². The molecule has 1 radical (unpaired) electrons. The van der Waals surface area contributed by atoms with Gasteiger partial charge in [-0.25, -0.2) is 0 Å². The summed E-state index contributed by atoms with van der Waals surface area (Å²) in [6.45, 7) is 8.32. The van der Waals surface area contributed by atoms with Gasteiger partial charge >= 0.3 is 0 Å². The molecule has 0 aliphatic heterocycles. The Morgan fingerprint density at radius 3 is 2.36 bits per heavy atom. The Morgan fingerprint density at radius 2 is 1.79 bits per heavy atom. The van der Waals surface area contributed by atoms with Crippen LogP contribution in [0.2, 0.25) is 0 Å². The standard InChI is InChI=1S/C14H27/c1-4-7-8-9-10-13-14(11-5-2)12-6-3/h6,12,14H,2,4-5,7-11,13H2,1,3H3/b12-6-. The molecule has 0 bridgehead atoms. The van der Waals surface area contributed by atoms with Crippen molar-refractivity contribution < 1.29 is 0 Å². The van der Waals surface area contributed by atoms with Crippen molar-refractivity contribution in [3.63, 3.8) is 0 Å². The number of unbranched alkanes of at least 4 members (excludes halogenated alkanes) is 4. The lowest BCUT2D eigenvalue weighted by Crippen LogP contribution is -1.95. The molecule has 0 rings (SSSR count). The first-order valence-electron chi connectivity index (χ1n) is 6.27. The van der Waals surface area contributed by atoms with Crippen molar-refractivity contribution in [2.75, 3.05) is 0 Å². The third-order valence-electron chi connectivity index (χ3n) is 2.72. The van der Waals surface area contributed by atoms with Gasteiger partial charge in [0.1, 0.15) is 0 Å². The number of allylic oxidation sites excluding steroid dienone is 2. The molecule has 1 atom stereocenters. The molecular weight excluding hydrogens is 168 g/mol. The number of hydrogen-bond acceptors (Lipinski definition) is 0. The molecule has 0 saturated carbocycles. The lowest BCUT2D eigenvalue weighted by atomic mass is 9.96. The topological polar surface area (TPSA) is 0 Å². The molecule has 0 saturated heterocycles. The van der Waals surface area contributed by atoms with Crippen molar-refractivity contribution in [1.29, 1.82) is 0 Å². The summed E-state index contributed by atoms with van der Waals surface area (Å²) < 4.78 is 0. The zero-order valence-electron chi connectivity index (χ0n) is 10.1. The minimum Gasteiger partial charge on any atom is -0.0914 e. The van der Waals surface area contributed by atoms with E-state index in [-0.39, 0.29) is 0 Å². The Kier molecular flexibility index (Phi) is 10.6. The first kappa shape index (κ1) is 13.7. The second-order valence-electron chi connectivity index (χ2n) is 4.13. The molecule has 0 aromatic rings. The molecule has 83 valence electrons. The van der Waals surface area contributed by atoms with Crippen molar-refractivity contribution in [1.82, 2.24) is 0 Å². The van der Waals surface area contributed by atoms with Crippen molar-refractivity contribution in [3.05, 3.63) is 19.1 Å². The predicted octanol–water partition coefficient (Wildman–Crippen LogP) is 5.15. The van der Waals surface area contributed by atoms with Gasteiger partial charge in [0.25, 0.3) is 0 Å². The normalized spacial score (nSPS) is 13.6. The lowest BCUT2D eigenvalue weighted by Gasteiger charge is -2.10. The molecule has 1 unspecified atom stereocenters. The molecule has 14 heavy (non-hydrogen) atoms. The molecule has 0 nitrogen and oxygen atoms in total. The largest absolute Gasteiger partial charge is 0.0914 e. The van der Waals surface area contributed by atoms with Gasteiger partial charge in [-0.05, 0) is 25.7 Å². The van der Waals surface area contributed by atoms with E-state index in [2.05, 4.69) is 32.9 Å². The second kappa shape index (κ2) is 10.8. The summed E-state index contributed by atoms with van der Waals surface area (Å²) in [5.41, 5.74) is 0. The lowest BCUT2D eigenvalue weighted by molar-refractivity contribution is 0.499. The predicted molar refractivity (Wildman–Crippen MR) is 66.3 cm³/mol. The zero-order chi connectivity index (χ0) is 10.6. The highest BCUT2D eigenvalue weighted by atomic mass is 14.1. The van der Waals surface area contributed by atoms with Gasteiger partial charge in [-0.3, -0.25) is 0 Å². The smallest absolute Gasteiger partial charge is 0.0234 e. The quantitative estimate of drug-likeness (QED) is 0.352. The van der Waals surface area contributed by atoms with Gasteiger partial charge in [-0.1, -0.05) is 64.5 Å². The highest BCUT2D eigenvalue weighted by molar-refractivity contribution is 4.85. The minimum absolute atomic E-state index is 0.791. The maximum absolute atomic E-state index is 3.93. The summed E-state index contributed by atoms with van der Waals surface area (Å²) in [4.78, 5) is 0. The maximum atomic E-state index is 3.93. The van der Waals surface area contributed by atoms with Crippen molar-refractivity contribution in [2.45, 2.75) is 65.2 Å². The molecule has 0 aromatic heterocycles. The summed E-state index contributed by atoms with van der Waals surface area (Å²) in [5.74, 6) is 0.791. The molecule has 0 aliphatic carbocycles. The molecular formula is C14H27. The minimum atomic E-state index is 0.791. The molecule has 0 amide bonds. The van der Waals surface area contributed by atoms with Crippen LogP contribution in [-0.2, 0) is 0 Å². The molecule has 0 aromatic carbocycles. The van der Waals surface area contributed by atoms with E-state index < -0.39 is 0 Å². The average Bonchev–Trinajstić information content (AvgIpc) is 2.18. The van der Waals surface area contributed by atoms with E-state index in [1.54, 1.807) is 0 Å². The maximum Gasteiger partial charge on any atom is -0.0234 e. The van der Waals surface area contributed by atoms with E-state index in [0.29, 0.717) is 0 Å². The van der Waals surface area contributed by atoms with Crippen LogP contribution in [0, 0.1) is 12.8 Å². The van der Waals surface area contributed by atoms with Gasteiger partial charge in [-0.15, -0.1) is 0 Å². The Bertz CT molecular complexity index is 124. The molecule has 0 aliphatic rings. The summed E-state index contributed by atoms with van der Waals surface area (Å²) in [7, 11) is 0. The summed E-state index contributed by atoms with van der Waals surface area (Å²) >= 11 is 0. The molecule has 0 N–H and O–H groups in total. The SMILES string of the molecule is [CH2]CCC(/C=C\C)CCCCCCC. The van der Waals surface area contributed by atoms with Crippen molar-refractivity contribution in [2.24, 2.45) is 5.92 Å². The number of hydrogen-bond donors (Lipinski definition) is 0. The zero-order valence-corrected chi connectivity index (χ0v) is 10.1. The summed E-state index contributed by atoms with van der Waals surface area (Å²) in [6, 6.07) is 0. The van der Waals surface area contributed by atoms with Gasteiger partial charge in [0.05, 0.1) is 0 Å². The van der Waals surface area contributed by atoms with Crippen molar-refractivity contribution >= 4 is 0 Å². The molecule has 0 heteroatoms. The number of rotatable bonds is 9. The highest BCUT2D eigenvalue weighted by Gasteiger charge is 2.02. The van der Waals surface area contributed by atoms with Crippen LogP contribution in [0.15, 0.2) is 12.2 Å². The van der Waals surface area contributed by atoms with Gasteiger partial charge in [0.15, 0.2) is 0 Å². The van der Waals surface area contributed by atoms with E-state index in [0.717, 1.165) is 12.3 Å². The van der Waals surface area contributed by atoms with E-state index in [1.807, 2.05) is 0 Å². The first-order valence-corrected chi connectivity index (χ1v) is 6.27. The van der Waals surface area contributed by atoms with Crippen molar-refractivity contribution in [3.8, 4) is 0 Å². The Morgan fingerprint density at radius 1 is 1.07 bits per heavy atom. The third kappa shape index (κ3) is 8.34.